The maximum Gasteiger partial charge on any atom is 0.148 e. The molecule has 0 unspecified atom stereocenters. The lowest BCUT2D eigenvalue weighted by Gasteiger charge is -2.04. The van der Waals surface area contributed by atoms with E-state index >= 15 is 0 Å². The third-order valence-corrected chi connectivity index (χ3v) is 2.41. The van der Waals surface area contributed by atoms with Crippen molar-refractivity contribution in [1.82, 2.24) is 9.97 Å². The lowest BCUT2D eigenvalue weighted by atomic mass is 10.3. The normalized spacial score (nSPS) is 10.1. The second kappa shape index (κ2) is 5.03. The highest BCUT2D eigenvalue weighted by Crippen LogP contribution is 2.10. The summed E-state index contributed by atoms with van der Waals surface area (Å²) in [5.41, 5.74) is 0.838. The molecule has 0 spiro atoms. The van der Waals surface area contributed by atoms with E-state index in [0.717, 1.165) is 10.3 Å². The molecular formula is C11H9BrFN3. The van der Waals surface area contributed by atoms with E-state index < -0.39 is 0 Å². The molecule has 0 bridgehead atoms. The number of anilines is 1. The largest absolute Gasteiger partial charge is 0.378 e. The molecule has 1 heterocycles. The van der Waals surface area contributed by atoms with Gasteiger partial charge in [0.25, 0.3) is 0 Å². The summed E-state index contributed by atoms with van der Waals surface area (Å²) in [6.07, 6.45) is 1.68. The molecule has 3 nitrogen and oxygen atoms in total. The Morgan fingerprint density at radius 1 is 1.19 bits per heavy atom. The lowest BCUT2D eigenvalue weighted by molar-refractivity contribution is 0.628. The Hall–Kier alpha value is -1.49. The smallest absolute Gasteiger partial charge is 0.148 e. The van der Waals surface area contributed by atoms with E-state index in [2.05, 4.69) is 31.2 Å². The summed E-state index contributed by atoms with van der Waals surface area (Å²) in [5.74, 6) is 0.433. The minimum atomic E-state index is -0.246. The van der Waals surface area contributed by atoms with Gasteiger partial charge in [0.1, 0.15) is 16.2 Å². The summed E-state index contributed by atoms with van der Waals surface area (Å²) in [5, 5.41) is 3.10. The molecule has 2 rings (SSSR count). The first-order valence-electron chi connectivity index (χ1n) is 4.71. The Bertz CT molecular complexity index is 473. The van der Waals surface area contributed by atoms with E-state index in [1.807, 2.05) is 0 Å². The van der Waals surface area contributed by atoms with Crippen LogP contribution in [0.5, 0.6) is 0 Å². The molecule has 82 valence electrons. The molecule has 0 saturated heterocycles. The van der Waals surface area contributed by atoms with Crippen molar-refractivity contribution in [2.75, 3.05) is 5.32 Å². The molecule has 0 amide bonds. The number of aromatic nitrogens is 2. The van der Waals surface area contributed by atoms with Crippen molar-refractivity contribution in [3.8, 4) is 0 Å². The summed E-state index contributed by atoms with van der Waals surface area (Å²) in [6, 6.07) is 7.93. The van der Waals surface area contributed by atoms with Gasteiger partial charge in [0, 0.05) is 11.9 Å². The molecule has 1 aromatic heterocycles. The van der Waals surface area contributed by atoms with Crippen LogP contribution in [0.3, 0.4) is 0 Å². The average Bonchev–Trinajstić information content (AvgIpc) is 2.28. The number of halogens is 2. The fourth-order valence-electron chi connectivity index (χ4n) is 1.21. The van der Waals surface area contributed by atoms with Crippen molar-refractivity contribution >= 4 is 21.6 Å². The summed E-state index contributed by atoms with van der Waals surface area (Å²) >= 11 is 3.27. The quantitative estimate of drug-likeness (QED) is 0.879. The number of benzene rings is 1. The van der Waals surface area contributed by atoms with Crippen molar-refractivity contribution in [3.05, 3.63) is 52.8 Å². The summed E-state index contributed by atoms with van der Waals surface area (Å²) < 4.78 is 13.4. The third kappa shape index (κ3) is 3.00. The molecule has 1 aromatic carbocycles. The second-order valence-corrected chi connectivity index (χ2v) is 3.97. The van der Waals surface area contributed by atoms with Crippen LogP contribution in [-0.4, -0.2) is 9.97 Å². The van der Waals surface area contributed by atoms with Gasteiger partial charge in [-0.25, -0.2) is 14.4 Å². The SMILES string of the molecule is Fc1ccc(NCc2nccc(Br)n2)cc1. The molecule has 0 aliphatic heterocycles. The van der Waals surface area contributed by atoms with Gasteiger partial charge in [-0.2, -0.15) is 0 Å². The number of rotatable bonds is 3. The van der Waals surface area contributed by atoms with Crippen LogP contribution in [0, 0.1) is 5.82 Å². The summed E-state index contributed by atoms with van der Waals surface area (Å²) in [4.78, 5) is 8.27. The highest BCUT2D eigenvalue weighted by molar-refractivity contribution is 9.10. The first-order valence-corrected chi connectivity index (χ1v) is 5.50. The zero-order valence-electron chi connectivity index (χ0n) is 8.32. The topological polar surface area (TPSA) is 37.8 Å². The Morgan fingerprint density at radius 3 is 2.62 bits per heavy atom. The zero-order valence-corrected chi connectivity index (χ0v) is 9.91. The van der Waals surface area contributed by atoms with Gasteiger partial charge in [-0.3, -0.25) is 0 Å². The molecule has 0 aliphatic carbocycles. The van der Waals surface area contributed by atoms with Gasteiger partial charge >= 0.3 is 0 Å². The van der Waals surface area contributed by atoms with Crippen molar-refractivity contribution < 1.29 is 4.39 Å². The van der Waals surface area contributed by atoms with Crippen molar-refractivity contribution in [1.29, 1.82) is 0 Å². The predicted octanol–water partition coefficient (Wildman–Crippen LogP) is 2.99. The molecule has 0 radical (unpaired) electrons. The second-order valence-electron chi connectivity index (χ2n) is 3.16. The van der Waals surface area contributed by atoms with Gasteiger partial charge in [-0.05, 0) is 46.3 Å². The molecule has 2 aromatic rings. The van der Waals surface area contributed by atoms with Gasteiger partial charge in [-0.1, -0.05) is 0 Å². The standard InChI is InChI=1S/C11H9BrFN3/c12-10-5-6-14-11(16-10)7-15-9-3-1-8(13)2-4-9/h1-6,15H,7H2. The monoisotopic (exact) mass is 281 g/mol. The van der Waals surface area contributed by atoms with Crippen molar-refractivity contribution in [2.45, 2.75) is 6.54 Å². The predicted molar refractivity (Wildman–Crippen MR) is 63.5 cm³/mol. The Morgan fingerprint density at radius 2 is 1.94 bits per heavy atom. The van der Waals surface area contributed by atoms with Gasteiger partial charge in [-0.15, -0.1) is 0 Å². The molecule has 0 aliphatic rings. The maximum absolute atomic E-state index is 12.6. The van der Waals surface area contributed by atoms with Gasteiger partial charge < -0.3 is 5.32 Å². The van der Waals surface area contributed by atoms with Crippen LogP contribution in [0.25, 0.3) is 0 Å². The van der Waals surface area contributed by atoms with Gasteiger partial charge in [0.15, 0.2) is 0 Å². The highest BCUT2D eigenvalue weighted by Gasteiger charge is 1.98. The number of nitrogens with zero attached hydrogens (tertiary/aromatic N) is 2. The molecule has 5 heteroatoms. The molecule has 0 saturated carbocycles. The van der Waals surface area contributed by atoms with E-state index in [4.69, 9.17) is 0 Å². The van der Waals surface area contributed by atoms with Crippen LogP contribution in [0.15, 0.2) is 41.1 Å². The third-order valence-electron chi connectivity index (χ3n) is 1.97. The van der Waals surface area contributed by atoms with E-state index in [-0.39, 0.29) is 5.82 Å². The van der Waals surface area contributed by atoms with Crippen LogP contribution in [0.1, 0.15) is 5.82 Å². The number of hydrogen-bond acceptors (Lipinski definition) is 3. The molecular weight excluding hydrogens is 273 g/mol. The Labute approximate surface area is 101 Å². The van der Waals surface area contributed by atoms with E-state index in [9.17, 15) is 4.39 Å². The molecule has 0 atom stereocenters. The Kier molecular flexibility index (Phi) is 3.46. The summed E-state index contributed by atoms with van der Waals surface area (Å²) in [7, 11) is 0. The van der Waals surface area contributed by atoms with Crippen LogP contribution >= 0.6 is 15.9 Å². The first kappa shape index (κ1) is 11.0. The fraction of sp³-hybridized carbons (Fsp3) is 0.0909. The van der Waals surface area contributed by atoms with Crippen molar-refractivity contribution in [3.63, 3.8) is 0 Å². The van der Waals surface area contributed by atoms with E-state index in [1.165, 1.54) is 12.1 Å². The van der Waals surface area contributed by atoms with Gasteiger partial charge in [0.2, 0.25) is 0 Å². The summed E-state index contributed by atoms with van der Waals surface area (Å²) in [6.45, 7) is 0.505. The highest BCUT2D eigenvalue weighted by atomic mass is 79.9. The van der Waals surface area contributed by atoms with E-state index in [0.29, 0.717) is 12.4 Å². The molecule has 1 N–H and O–H groups in total. The van der Waals surface area contributed by atoms with Crippen LogP contribution in [-0.2, 0) is 6.54 Å². The first-order chi connectivity index (χ1) is 7.74. The van der Waals surface area contributed by atoms with Crippen LogP contribution in [0.2, 0.25) is 0 Å². The number of nitrogens with one attached hydrogen (secondary N) is 1. The number of hydrogen-bond donors (Lipinski definition) is 1. The van der Waals surface area contributed by atoms with Crippen molar-refractivity contribution in [2.24, 2.45) is 0 Å². The van der Waals surface area contributed by atoms with Gasteiger partial charge in [0.05, 0.1) is 6.54 Å². The fourth-order valence-corrected chi connectivity index (χ4v) is 1.53. The lowest BCUT2D eigenvalue weighted by Crippen LogP contribution is -2.03. The molecule has 16 heavy (non-hydrogen) atoms. The van der Waals surface area contributed by atoms with Crippen LogP contribution < -0.4 is 5.32 Å². The minimum absolute atomic E-state index is 0.246. The van der Waals surface area contributed by atoms with Crippen LogP contribution in [0.4, 0.5) is 10.1 Å². The Balaban J connectivity index is 1.99. The minimum Gasteiger partial charge on any atom is -0.378 e. The maximum atomic E-state index is 12.6. The molecule has 0 fully saturated rings. The zero-order chi connectivity index (χ0) is 11.4. The average molecular weight is 282 g/mol. The van der Waals surface area contributed by atoms with E-state index in [1.54, 1.807) is 24.4 Å².